The standard InChI is InChI=1S/C29H38O/c1-3-5-6-19-30-29-17-15-24(16-18-29)26-12-14-27-20-25(11-13-28(27)21-26)23-9-7-22(4-2)8-10-23/h3,5,12,14-18,21-23,25H,4,6-11,13,19-20H2,1-2H3/b5-3+. The van der Waals surface area contributed by atoms with Crippen LogP contribution in [0.2, 0.25) is 0 Å². The molecule has 1 atom stereocenters. The molecule has 1 fully saturated rings. The minimum Gasteiger partial charge on any atom is -0.493 e. The van der Waals surface area contributed by atoms with Gasteiger partial charge in [0.2, 0.25) is 0 Å². The maximum atomic E-state index is 5.82. The van der Waals surface area contributed by atoms with Crippen LogP contribution in [-0.2, 0) is 12.8 Å². The first kappa shape index (κ1) is 21.2. The highest BCUT2D eigenvalue weighted by Gasteiger charge is 2.29. The third-order valence-electron chi connectivity index (χ3n) is 7.58. The highest BCUT2D eigenvalue weighted by Crippen LogP contribution is 2.41. The van der Waals surface area contributed by atoms with E-state index in [0.717, 1.165) is 36.5 Å². The van der Waals surface area contributed by atoms with E-state index in [2.05, 4.69) is 61.5 Å². The van der Waals surface area contributed by atoms with Crippen LogP contribution in [0, 0.1) is 17.8 Å². The van der Waals surface area contributed by atoms with E-state index in [1.807, 2.05) is 6.92 Å². The molecule has 30 heavy (non-hydrogen) atoms. The van der Waals surface area contributed by atoms with E-state index in [-0.39, 0.29) is 0 Å². The Kier molecular flexibility index (Phi) is 7.31. The highest BCUT2D eigenvalue weighted by atomic mass is 16.5. The lowest BCUT2D eigenvalue weighted by molar-refractivity contribution is 0.187. The number of hydrogen-bond donors (Lipinski definition) is 0. The van der Waals surface area contributed by atoms with E-state index >= 15 is 0 Å². The molecule has 0 bridgehead atoms. The topological polar surface area (TPSA) is 9.23 Å². The molecule has 2 aliphatic carbocycles. The molecule has 2 aliphatic rings. The minimum absolute atomic E-state index is 0.740. The molecule has 0 aromatic heterocycles. The van der Waals surface area contributed by atoms with E-state index in [1.165, 1.54) is 62.5 Å². The van der Waals surface area contributed by atoms with Crippen molar-refractivity contribution in [1.82, 2.24) is 0 Å². The summed E-state index contributed by atoms with van der Waals surface area (Å²) < 4.78 is 5.82. The van der Waals surface area contributed by atoms with Crippen LogP contribution >= 0.6 is 0 Å². The number of fused-ring (bicyclic) bond motifs is 1. The molecule has 1 unspecified atom stereocenters. The maximum absolute atomic E-state index is 5.82. The average molecular weight is 403 g/mol. The van der Waals surface area contributed by atoms with Crippen molar-refractivity contribution in [3.8, 4) is 16.9 Å². The van der Waals surface area contributed by atoms with Crippen molar-refractivity contribution in [1.29, 1.82) is 0 Å². The van der Waals surface area contributed by atoms with Gasteiger partial charge in [0, 0.05) is 0 Å². The lowest BCUT2D eigenvalue weighted by atomic mass is 9.69. The normalized spacial score (nSPS) is 24.0. The van der Waals surface area contributed by atoms with Gasteiger partial charge >= 0.3 is 0 Å². The Morgan fingerprint density at radius 2 is 1.63 bits per heavy atom. The van der Waals surface area contributed by atoms with Crippen molar-refractivity contribution in [3.63, 3.8) is 0 Å². The number of ether oxygens (including phenoxy) is 1. The molecular weight excluding hydrogens is 364 g/mol. The molecule has 0 N–H and O–H groups in total. The third-order valence-corrected chi connectivity index (χ3v) is 7.58. The van der Waals surface area contributed by atoms with Gasteiger partial charge in [-0.1, -0.05) is 68.7 Å². The largest absolute Gasteiger partial charge is 0.493 e. The quantitative estimate of drug-likeness (QED) is 0.336. The molecule has 0 heterocycles. The van der Waals surface area contributed by atoms with Crippen LogP contribution in [0.1, 0.15) is 69.9 Å². The van der Waals surface area contributed by atoms with E-state index < -0.39 is 0 Å². The van der Waals surface area contributed by atoms with Crippen LogP contribution in [0.3, 0.4) is 0 Å². The van der Waals surface area contributed by atoms with Crippen molar-refractivity contribution in [2.75, 3.05) is 6.61 Å². The molecule has 0 aliphatic heterocycles. The predicted octanol–water partition coefficient (Wildman–Crippen LogP) is 8.02. The molecular formula is C29H38O. The summed E-state index contributed by atoms with van der Waals surface area (Å²) in [5.41, 5.74) is 5.82. The Balaban J connectivity index is 1.37. The van der Waals surface area contributed by atoms with Gasteiger partial charge < -0.3 is 4.74 Å². The van der Waals surface area contributed by atoms with Gasteiger partial charge in [-0.3, -0.25) is 0 Å². The van der Waals surface area contributed by atoms with Gasteiger partial charge in [0.1, 0.15) is 5.75 Å². The second kappa shape index (κ2) is 10.3. The summed E-state index contributed by atoms with van der Waals surface area (Å²) in [5.74, 6) is 3.85. The molecule has 2 aromatic rings. The Labute approximate surface area is 183 Å². The molecule has 0 saturated heterocycles. The summed E-state index contributed by atoms with van der Waals surface area (Å²) in [5, 5.41) is 0. The smallest absolute Gasteiger partial charge is 0.119 e. The SMILES string of the molecule is C/C=C/CCOc1ccc(-c2ccc3c(c2)CCC(C2CCC(CC)CC2)C3)cc1. The Bertz CT molecular complexity index is 824. The highest BCUT2D eigenvalue weighted by molar-refractivity contribution is 5.66. The monoisotopic (exact) mass is 402 g/mol. The van der Waals surface area contributed by atoms with Crippen molar-refractivity contribution in [2.24, 2.45) is 17.8 Å². The Hall–Kier alpha value is -2.02. The number of hydrogen-bond acceptors (Lipinski definition) is 1. The third kappa shape index (κ3) is 5.17. The first-order valence-corrected chi connectivity index (χ1v) is 12.2. The number of rotatable bonds is 7. The summed E-state index contributed by atoms with van der Waals surface area (Å²) in [6.45, 7) is 5.15. The summed E-state index contributed by atoms with van der Waals surface area (Å²) in [7, 11) is 0. The first-order chi connectivity index (χ1) is 14.8. The van der Waals surface area contributed by atoms with Crippen molar-refractivity contribution in [3.05, 3.63) is 65.7 Å². The molecule has 0 radical (unpaired) electrons. The van der Waals surface area contributed by atoms with Gasteiger partial charge in [0.15, 0.2) is 0 Å². The van der Waals surface area contributed by atoms with E-state index in [1.54, 1.807) is 11.1 Å². The van der Waals surface area contributed by atoms with Gasteiger partial charge in [0.25, 0.3) is 0 Å². The number of benzene rings is 2. The zero-order chi connectivity index (χ0) is 20.8. The van der Waals surface area contributed by atoms with Gasteiger partial charge in [-0.05, 0) is 97.6 Å². The fraction of sp³-hybridized carbons (Fsp3) is 0.517. The molecule has 1 nitrogen and oxygen atoms in total. The number of aryl methyl sites for hydroxylation is 1. The summed E-state index contributed by atoms with van der Waals surface area (Å²) in [4.78, 5) is 0. The van der Waals surface area contributed by atoms with E-state index in [0.29, 0.717) is 0 Å². The van der Waals surface area contributed by atoms with Gasteiger partial charge in [0.05, 0.1) is 6.61 Å². The van der Waals surface area contributed by atoms with Gasteiger partial charge in [-0.15, -0.1) is 0 Å². The van der Waals surface area contributed by atoms with Crippen molar-refractivity contribution >= 4 is 0 Å². The average Bonchev–Trinajstić information content (AvgIpc) is 2.81. The molecule has 0 spiro atoms. The summed E-state index contributed by atoms with van der Waals surface area (Å²) >= 11 is 0. The Morgan fingerprint density at radius 3 is 2.37 bits per heavy atom. The Morgan fingerprint density at radius 1 is 0.867 bits per heavy atom. The molecule has 1 saturated carbocycles. The lowest BCUT2D eigenvalue weighted by Crippen LogP contribution is -2.26. The fourth-order valence-corrected chi connectivity index (χ4v) is 5.59. The van der Waals surface area contributed by atoms with Gasteiger partial charge in [-0.25, -0.2) is 0 Å². The van der Waals surface area contributed by atoms with E-state index in [9.17, 15) is 0 Å². The van der Waals surface area contributed by atoms with Crippen LogP contribution in [0.15, 0.2) is 54.6 Å². The zero-order valence-corrected chi connectivity index (χ0v) is 18.9. The predicted molar refractivity (Wildman–Crippen MR) is 128 cm³/mol. The lowest BCUT2D eigenvalue weighted by Gasteiger charge is -2.36. The van der Waals surface area contributed by atoms with Crippen LogP contribution < -0.4 is 4.74 Å². The first-order valence-electron chi connectivity index (χ1n) is 12.2. The van der Waals surface area contributed by atoms with Crippen LogP contribution in [0.25, 0.3) is 11.1 Å². The second-order valence-electron chi connectivity index (χ2n) is 9.41. The minimum atomic E-state index is 0.740. The van der Waals surface area contributed by atoms with Crippen LogP contribution in [0.4, 0.5) is 0 Å². The molecule has 4 rings (SSSR count). The molecule has 2 aromatic carbocycles. The van der Waals surface area contributed by atoms with E-state index in [4.69, 9.17) is 4.74 Å². The van der Waals surface area contributed by atoms with Crippen molar-refractivity contribution in [2.45, 2.75) is 71.6 Å². The molecule has 1 heteroatoms. The maximum Gasteiger partial charge on any atom is 0.119 e. The van der Waals surface area contributed by atoms with Crippen molar-refractivity contribution < 1.29 is 4.74 Å². The fourth-order valence-electron chi connectivity index (χ4n) is 5.59. The number of allylic oxidation sites excluding steroid dienone is 1. The summed E-state index contributed by atoms with van der Waals surface area (Å²) in [6.07, 6.45) is 16.4. The summed E-state index contributed by atoms with van der Waals surface area (Å²) in [6, 6.07) is 15.8. The zero-order valence-electron chi connectivity index (χ0n) is 18.9. The van der Waals surface area contributed by atoms with Crippen LogP contribution in [-0.4, -0.2) is 6.61 Å². The second-order valence-corrected chi connectivity index (χ2v) is 9.41. The van der Waals surface area contributed by atoms with Gasteiger partial charge in [-0.2, -0.15) is 0 Å². The molecule has 0 amide bonds. The molecule has 160 valence electrons. The van der Waals surface area contributed by atoms with Crippen LogP contribution in [0.5, 0.6) is 5.75 Å².